The Morgan fingerprint density at radius 3 is 3.17 bits per heavy atom. The van der Waals surface area contributed by atoms with Gasteiger partial charge in [0, 0.05) is 6.42 Å². The summed E-state index contributed by atoms with van der Waals surface area (Å²) in [6, 6.07) is 0. The van der Waals surface area contributed by atoms with E-state index in [1.54, 1.807) is 0 Å². The number of aromatic nitrogens is 4. The first-order chi connectivity index (χ1) is 8.70. The predicted octanol–water partition coefficient (Wildman–Crippen LogP) is -1.24. The van der Waals surface area contributed by atoms with E-state index in [0.29, 0.717) is 17.5 Å². The van der Waals surface area contributed by atoms with Gasteiger partial charge in [-0.3, -0.25) is 4.79 Å². The zero-order valence-electron chi connectivity index (χ0n) is 9.35. The van der Waals surface area contributed by atoms with Gasteiger partial charge in [-0.2, -0.15) is 5.10 Å². The molecule has 1 fully saturated rings. The lowest BCUT2D eigenvalue weighted by atomic mass is 10.2. The van der Waals surface area contributed by atoms with Crippen LogP contribution in [0.15, 0.2) is 17.3 Å². The van der Waals surface area contributed by atoms with Crippen molar-refractivity contribution in [3.05, 3.63) is 22.9 Å². The highest BCUT2D eigenvalue weighted by Gasteiger charge is 2.36. The minimum Gasteiger partial charge on any atom is -0.394 e. The Morgan fingerprint density at radius 2 is 2.44 bits per heavy atom. The maximum absolute atomic E-state index is 11.5. The second-order valence-corrected chi connectivity index (χ2v) is 4.19. The summed E-state index contributed by atoms with van der Waals surface area (Å²) in [5, 5.41) is 23.3. The highest BCUT2D eigenvalue weighted by atomic mass is 16.5. The van der Waals surface area contributed by atoms with Crippen LogP contribution >= 0.6 is 0 Å². The summed E-state index contributed by atoms with van der Waals surface area (Å²) in [6.45, 7) is -0.166. The van der Waals surface area contributed by atoms with E-state index in [1.165, 1.54) is 17.2 Å². The first-order valence-electron chi connectivity index (χ1n) is 5.56. The predicted molar refractivity (Wildman–Crippen MR) is 59.8 cm³/mol. The smallest absolute Gasteiger partial charge is 0.261 e. The van der Waals surface area contributed by atoms with Crippen molar-refractivity contribution in [1.29, 1.82) is 0 Å². The van der Waals surface area contributed by atoms with Crippen LogP contribution in [0.1, 0.15) is 12.6 Å². The molecule has 1 aliphatic heterocycles. The molecule has 3 heterocycles. The topological polar surface area (TPSA) is 113 Å². The number of aliphatic hydroxyl groups excluding tert-OH is 2. The highest BCUT2D eigenvalue weighted by molar-refractivity contribution is 5.72. The van der Waals surface area contributed by atoms with Gasteiger partial charge in [-0.25, -0.2) is 9.67 Å². The van der Waals surface area contributed by atoms with E-state index in [-0.39, 0.29) is 12.2 Å². The van der Waals surface area contributed by atoms with Crippen LogP contribution < -0.4 is 5.56 Å². The van der Waals surface area contributed by atoms with E-state index < -0.39 is 18.4 Å². The van der Waals surface area contributed by atoms with Gasteiger partial charge in [0.25, 0.3) is 5.56 Å². The van der Waals surface area contributed by atoms with Gasteiger partial charge in [0.05, 0.1) is 25.2 Å². The van der Waals surface area contributed by atoms with E-state index in [9.17, 15) is 9.90 Å². The second-order valence-electron chi connectivity index (χ2n) is 4.19. The lowest BCUT2D eigenvalue weighted by Gasteiger charge is -2.15. The number of hydrogen-bond acceptors (Lipinski definition) is 6. The number of rotatable bonds is 2. The van der Waals surface area contributed by atoms with Gasteiger partial charge in [0.2, 0.25) is 0 Å². The average molecular weight is 252 g/mol. The summed E-state index contributed by atoms with van der Waals surface area (Å²) in [7, 11) is 0. The number of hydrogen-bond donors (Lipinski definition) is 3. The molecule has 0 aliphatic carbocycles. The summed E-state index contributed by atoms with van der Waals surface area (Å²) in [6.07, 6.45) is 1.04. The molecule has 0 spiro atoms. The summed E-state index contributed by atoms with van der Waals surface area (Å²) < 4.78 is 6.83. The van der Waals surface area contributed by atoms with Crippen molar-refractivity contribution in [1.82, 2.24) is 19.7 Å². The van der Waals surface area contributed by atoms with Crippen molar-refractivity contribution in [3.8, 4) is 0 Å². The fourth-order valence-electron chi connectivity index (χ4n) is 2.13. The SMILES string of the molecule is O=c1[nH]cnc2c1cnn2[C@@H]1O[C@H](CO)C[C@H]1O. The highest BCUT2D eigenvalue weighted by Crippen LogP contribution is 2.29. The Balaban J connectivity index is 2.05. The summed E-state index contributed by atoms with van der Waals surface area (Å²) in [4.78, 5) is 18.0. The van der Waals surface area contributed by atoms with Gasteiger partial charge in [-0.15, -0.1) is 0 Å². The third-order valence-corrected chi connectivity index (χ3v) is 3.01. The third kappa shape index (κ3) is 1.62. The normalized spacial score (nSPS) is 28.0. The molecule has 0 aromatic carbocycles. The molecule has 3 atom stereocenters. The Kier molecular flexibility index (Phi) is 2.62. The third-order valence-electron chi connectivity index (χ3n) is 3.01. The number of ether oxygens (including phenoxy) is 1. The Bertz CT molecular complexity index is 622. The first-order valence-corrected chi connectivity index (χ1v) is 5.56. The number of aromatic amines is 1. The van der Waals surface area contributed by atoms with Crippen molar-refractivity contribution < 1.29 is 14.9 Å². The van der Waals surface area contributed by atoms with Crippen LogP contribution in [0.5, 0.6) is 0 Å². The van der Waals surface area contributed by atoms with E-state index in [0.717, 1.165) is 0 Å². The molecule has 8 heteroatoms. The zero-order valence-corrected chi connectivity index (χ0v) is 9.35. The van der Waals surface area contributed by atoms with Crippen LogP contribution in [0.3, 0.4) is 0 Å². The molecule has 1 saturated heterocycles. The molecule has 0 saturated carbocycles. The molecule has 1 aliphatic rings. The quantitative estimate of drug-likeness (QED) is 0.616. The molecular formula is C10H12N4O4. The molecule has 8 nitrogen and oxygen atoms in total. The van der Waals surface area contributed by atoms with Crippen molar-refractivity contribution in [3.63, 3.8) is 0 Å². The van der Waals surface area contributed by atoms with Gasteiger partial charge >= 0.3 is 0 Å². The lowest BCUT2D eigenvalue weighted by molar-refractivity contribution is -0.0548. The number of fused-ring (bicyclic) bond motifs is 1. The Labute approximate surface area is 101 Å². The van der Waals surface area contributed by atoms with E-state index >= 15 is 0 Å². The number of nitrogens with zero attached hydrogens (tertiary/aromatic N) is 3. The van der Waals surface area contributed by atoms with Crippen LogP contribution in [-0.4, -0.2) is 48.8 Å². The molecule has 18 heavy (non-hydrogen) atoms. The van der Waals surface area contributed by atoms with Crippen LogP contribution in [0.4, 0.5) is 0 Å². The first kappa shape index (κ1) is 11.3. The Hall–Kier alpha value is -1.77. The maximum atomic E-state index is 11.5. The van der Waals surface area contributed by atoms with Gasteiger partial charge in [-0.1, -0.05) is 0 Å². The fraction of sp³-hybridized carbons (Fsp3) is 0.500. The van der Waals surface area contributed by atoms with E-state index in [4.69, 9.17) is 9.84 Å². The van der Waals surface area contributed by atoms with Crippen molar-refractivity contribution in [2.24, 2.45) is 0 Å². The van der Waals surface area contributed by atoms with Crippen LogP contribution in [0, 0.1) is 0 Å². The number of H-pyrrole nitrogens is 1. The van der Waals surface area contributed by atoms with Gasteiger partial charge in [0.1, 0.15) is 11.5 Å². The molecule has 96 valence electrons. The van der Waals surface area contributed by atoms with E-state index in [1.807, 2.05) is 0 Å². The zero-order chi connectivity index (χ0) is 12.7. The average Bonchev–Trinajstić information content (AvgIpc) is 2.93. The van der Waals surface area contributed by atoms with E-state index in [2.05, 4.69) is 15.1 Å². The maximum Gasteiger partial charge on any atom is 0.261 e. The number of nitrogens with one attached hydrogen (secondary N) is 1. The number of aliphatic hydroxyl groups is 2. The minimum atomic E-state index is -0.786. The lowest BCUT2D eigenvalue weighted by Crippen LogP contribution is -2.21. The summed E-state index contributed by atoms with van der Waals surface area (Å²) >= 11 is 0. The molecule has 0 bridgehead atoms. The van der Waals surface area contributed by atoms with Crippen LogP contribution in [-0.2, 0) is 4.74 Å². The summed E-state index contributed by atoms with van der Waals surface area (Å²) in [5.41, 5.74) is 0.0545. The molecular weight excluding hydrogens is 240 g/mol. The molecule has 2 aromatic rings. The second kappa shape index (κ2) is 4.16. The summed E-state index contributed by atoms with van der Waals surface area (Å²) in [5.74, 6) is 0. The molecule has 0 amide bonds. The fourth-order valence-corrected chi connectivity index (χ4v) is 2.13. The molecule has 3 rings (SSSR count). The van der Waals surface area contributed by atoms with Gasteiger partial charge in [0.15, 0.2) is 11.9 Å². The standard InChI is InChI=1S/C10H12N4O4/c15-3-5-1-7(16)10(18-5)14-8-6(2-13-14)9(17)12-4-11-8/h2,4-5,7,10,15-16H,1,3H2,(H,11,12,17)/t5-,7+,10+/m0/s1. The van der Waals surface area contributed by atoms with Crippen molar-refractivity contribution in [2.75, 3.05) is 6.61 Å². The monoisotopic (exact) mass is 252 g/mol. The molecule has 0 unspecified atom stereocenters. The van der Waals surface area contributed by atoms with Gasteiger partial charge in [-0.05, 0) is 0 Å². The molecule has 3 N–H and O–H groups in total. The van der Waals surface area contributed by atoms with Gasteiger partial charge < -0.3 is 19.9 Å². The van der Waals surface area contributed by atoms with Crippen LogP contribution in [0.25, 0.3) is 11.0 Å². The van der Waals surface area contributed by atoms with Crippen molar-refractivity contribution >= 4 is 11.0 Å². The largest absolute Gasteiger partial charge is 0.394 e. The minimum absolute atomic E-state index is 0.166. The van der Waals surface area contributed by atoms with Crippen LogP contribution in [0.2, 0.25) is 0 Å². The molecule has 0 radical (unpaired) electrons. The Morgan fingerprint density at radius 1 is 1.61 bits per heavy atom. The molecule has 2 aromatic heterocycles. The van der Waals surface area contributed by atoms with Crippen molar-refractivity contribution in [2.45, 2.75) is 24.9 Å².